The van der Waals surface area contributed by atoms with Crippen LogP contribution in [-0.2, 0) is 17.7 Å². The van der Waals surface area contributed by atoms with Gasteiger partial charge in [-0.05, 0) is 29.1 Å². The average Bonchev–Trinajstić information content (AvgIpc) is 2.98. The van der Waals surface area contributed by atoms with Crippen LogP contribution in [0.4, 0.5) is 0 Å². The molecule has 1 aromatic heterocycles. The van der Waals surface area contributed by atoms with Crippen LogP contribution in [0.3, 0.4) is 0 Å². The Kier molecular flexibility index (Phi) is 7.65. The quantitative estimate of drug-likeness (QED) is 0.598. The van der Waals surface area contributed by atoms with E-state index in [0.717, 1.165) is 0 Å². The van der Waals surface area contributed by atoms with Crippen LogP contribution < -0.4 is 11.2 Å². The number of aryl methyl sites for hydroxylation is 1. The number of fused-ring (bicyclic) bond motifs is 1. The van der Waals surface area contributed by atoms with E-state index in [0.29, 0.717) is 5.56 Å². The molecule has 0 bridgehead atoms. The molecule has 0 unspecified atom stereocenters. The number of aromatic amines is 1. The minimum Gasteiger partial charge on any atom is -0.414 e. The molecule has 4 atom stereocenters. The van der Waals surface area contributed by atoms with Gasteiger partial charge in [0.15, 0.2) is 6.23 Å². The number of hydrogen-bond acceptors (Lipinski definition) is 7. The van der Waals surface area contributed by atoms with Crippen LogP contribution >= 0.6 is 0 Å². The van der Waals surface area contributed by atoms with E-state index < -0.39 is 52.9 Å². The third kappa shape index (κ3) is 4.48. The molecule has 0 aromatic carbocycles. The topological polar surface area (TPSA) is 112 Å². The first-order valence-electron chi connectivity index (χ1n) is 11.9. The lowest BCUT2D eigenvalue weighted by molar-refractivity contribution is -0.0601. The van der Waals surface area contributed by atoms with Gasteiger partial charge in [-0.1, -0.05) is 55.4 Å². The van der Waals surface area contributed by atoms with Gasteiger partial charge in [0.1, 0.15) is 18.3 Å². The minimum atomic E-state index is -2.92. The van der Waals surface area contributed by atoms with E-state index in [9.17, 15) is 14.7 Å². The molecular formula is C22H40N2O7Si2. The third-order valence-corrected chi connectivity index (χ3v) is 17.3. The van der Waals surface area contributed by atoms with Gasteiger partial charge >= 0.3 is 22.8 Å². The first-order chi connectivity index (χ1) is 15.3. The molecule has 1 aromatic rings. The second-order valence-corrected chi connectivity index (χ2v) is 19.4. The average molecular weight is 501 g/mol. The Morgan fingerprint density at radius 1 is 1.00 bits per heavy atom. The molecule has 11 heteroatoms. The van der Waals surface area contributed by atoms with Crippen molar-refractivity contribution in [3.8, 4) is 0 Å². The molecule has 0 saturated carbocycles. The highest BCUT2D eigenvalue weighted by Crippen LogP contribution is 2.48. The summed E-state index contributed by atoms with van der Waals surface area (Å²) in [5, 5.41) is 11.3. The van der Waals surface area contributed by atoms with Gasteiger partial charge in [0, 0.05) is 11.8 Å². The Bertz CT molecular complexity index is 943. The Labute approximate surface area is 197 Å². The second-order valence-electron chi connectivity index (χ2n) is 10.6. The fourth-order valence-corrected chi connectivity index (χ4v) is 16.4. The fourth-order valence-electron chi connectivity index (χ4n) is 5.14. The van der Waals surface area contributed by atoms with Crippen LogP contribution in [0.5, 0.6) is 0 Å². The van der Waals surface area contributed by atoms with Gasteiger partial charge in [0.05, 0.1) is 6.61 Å². The monoisotopic (exact) mass is 500 g/mol. The molecule has 2 aliphatic heterocycles. The lowest BCUT2D eigenvalue weighted by Crippen LogP contribution is -2.65. The van der Waals surface area contributed by atoms with E-state index in [4.69, 9.17) is 17.7 Å². The summed E-state index contributed by atoms with van der Waals surface area (Å²) in [6.07, 6.45) is -1.98. The third-order valence-electron chi connectivity index (χ3n) is 7.06. The summed E-state index contributed by atoms with van der Waals surface area (Å²) in [6.45, 7) is 18.8. The van der Waals surface area contributed by atoms with E-state index in [2.05, 4.69) is 60.4 Å². The molecule has 0 spiro atoms. The van der Waals surface area contributed by atoms with Gasteiger partial charge in [-0.3, -0.25) is 14.3 Å². The Balaban J connectivity index is 2.10. The highest BCUT2D eigenvalue weighted by atomic mass is 28.5. The van der Waals surface area contributed by atoms with Crippen molar-refractivity contribution in [2.24, 2.45) is 0 Å². The van der Waals surface area contributed by atoms with Gasteiger partial charge in [0.2, 0.25) is 0 Å². The number of hydrogen-bond donors (Lipinski definition) is 2. The molecule has 2 N–H and O–H groups in total. The summed E-state index contributed by atoms with van der Waals surface area (Å²) < 4.78 is 28.1. The SMILES string of the molecule is Cc1cn([C@@H]2O[C@@H]3CO[Si](C(C)C)(C(C)C)O[Si](C(C)C)(C(C)C)O[C@H]3[C@H]2O)c(=O)[nH]c1=O. The molecule has 0 radical (unpaired) electrons. The number of nitrogens with one attached hydrogen (secondary N) is 1. The van der Waals surface area contributed by atoms with Crippen LogP contribution in [0.1, 0.15) is 67.2 Å². The van der Waals surface area contributed by atoms with Gasteiger partial charge in [0.25, 0.3) is 5.56 Å². The number of rotatable bonds is 5. The van der Waals surface area contributed by atoms with Crippen molar-refractivity contribution >= 4 is 17.1 Å². The number of aromatic nitrogens is 2. The summed E-state index contributed by atoms with van der Waals surface area (Å²) in [7, 11) is -5.65. The number of ether oxygens (including phenoxy) is 1. The molecule has 3 rings (SSSR count). The van der Waals surface area contributed by atoms with E-state index in [1.54, 1.807) is 6.92 Å². The highest BCUT2D eigenvalue weighted by Gasteiger charge is 2.61. The van der Waals surface area contributed by atoms with Crippen LogP contribution in [0, 0.1) is 6.92 Å². The maximum Gasteiger partial charge on any atom is 0.335 e. The molecule has 33 heavy (non-hydrogen) atoms. The van der Waals surface area contributed by atoms with Crippen molar-refractivity contribution in [1.29, 1.82) is 0 Å². The Morgan fingerprint density at radius 2 is 1.55 bits per heavy atom. The zero-order chi connectivity index (χ0) is 24.9. The van der Waals surface area contributed by atoms with Crippen LogP contribution in [0.25, 0.3) is 0 Å². The standard InChI is InChI=1S/C22H40N2O7Si2/c1-12(2)32(13(3)4)28-11-17-19(30-33(31-32,14(5)6)15(7)8)18(25)21(29-17)24-10-16(9)20(26)23-22(24)27/h10,12-15,17-19,21,25H,11H2,1-9H3,(H,23,26,27)/t17-,18-,19-,21-/m1/s1. The van der Waals surface area contributed by atoms with Gasteiger partial charge in [-0.2, -0.15) is 0 Å². The Morgan fingerprint density at radius 3 is 2.06 bits per heavy atom. The maximum absolute atomic E-state index is 12.5. The normalized spacial score (nSPS) is 29.5. The van der Waals surface area contributed by atoms with Crippen molar-refractivity contribution in [3.05, 3.63) is 32.6 Å². The van der Waals surface area contributed by atoms with Crippen LogP contribution in [-0.4, -0.2) is 56.7 Å². The summed E-state index contributed by atoms with van der Waals surface area (Å²) >= 11 is 0. The lowest BCUT2D eigenvalue weighted by atomic mass is 10.1. The number of aliphatic hydroxyl groups excluding tert-OH is 1. The smallest absolute Gasteiger partial charge is 0.335 e. The predicted octanol–water partition coefficient (Wildman–Crippen LogP) is 3.06. The second kappa shape index (κ2) is 9.52. The van der Waals surface area contributed by atoms with Crippen molar-refractivity contribution < 1.29 is 22.8 Å². The van der Waals surface area contributed by atoms with Crippen molar-refractivity contribution in [3.63, 3.8) is 0 Å². The molecule has 0 aliphatic carbocycles. The molecule has 2 aliphatic rings. The first kappa shape index (κ1) is 26.5. The molecule has 9 nitrogen and oxygen atoms in total. The molecule has 3 heterocycles. The number of nitrogens with zero attached hydrogens (tertiary/aromatic N) is 1. The largest absolute Gasteiger partial charge is 0.414 e. The zero-order valence-corrected chi connectivity index (χ0v) is 23.2. The fraction of sp³-hybridized carbons (Fsp3) is 0.818. The number of aliphatic hydroxyl groups is 1. The first-order valence-corrected chi connectivity index (χ1v) is 15.9. The molecule has 2 saturated heterocycles. The highest BCUT2D eigenvalue weighted by molar-refractivity contribution is 6.83. The van der Waals surface area contributed by atoms with Crippen molar-refractivity contribution in [2.45, 2.75) is 109 Å². The number of H-pyrrole nitrogens is 1. The van der Waals surface area contributed by atoms with Gasteiger partial charge in [-0.15, -0.1) is 0 Å². The van der Waals surface area contributed by atoms with Crippen LogP contribution in [0.15, 0.2) is 15.8 Å². The zero-order valence-electron chi connectivity index (χ0n) is 21.2. The summed E-state index contributed by atoms with van der Waals surface area (Å²) in [5.41, 5.74) is -0.151. The summed E-state index contributed by atoms with van der Waals surface area (Å²) in [5.74, 6) is 0. The van der Waals surface area contributed by atoms with Crippen molar-refractivity contribution in [2.75, 3.05) is 6.61 Å². The van der Waals surface area contributed by atoms with Crippen LogP contribution in [0.2, 0.25) is 22.2 Å². The van der Waals surface area contributed by atoms with Gasteiger partial charge in [-0.25, -0.2) is 4.79 Å². The molecular weight excluding hydrogens is 460 g/mol. The lowest BCUT2D eigenvalue weighted by Gasteiger charge is -2.51. The van der Waals surface area contributed by atoms with E-state index in [-0.39, 0.29) is 28.8 Å². The van der Waals surface area contributed by atoms with E-state index >= 15 is 0 Å². The van der Waals surface area contributed by atoms with Gasteiger partial charge < -0.3 is 22.8 Å². The van der Waals surface area contributed by atoms with Crippen molar-refractivity contribution in [1.82, 2.24) is 9.55 Å². The molecule has 0 amide bonds. The van der Waals surface area contributed by atoms with E-state index in [1.807, 2.05) is 0 Å². The minimum absolute atomic E-state index is 0.105. The molecule has 2 fully saturated rings. The predicted molar refractivity (Wildman–Crippen MR) is 130 cm³/mol. The summed E-state index contributed by atoms with van der Waals surface area (Å²) in [4.78, 5) is 26.7. The maximum atomic E-state index is 12.5. The summed E-state index contributed by atoms with van der Waals surface area (Å²) in [6, 6.07) is 0. The molecule has 188 valence electrons. The van der Waals surface area contributed by atoms with E-state index in [1.165, 1.54) is 10.8 Å². The Hall–Kier alpha value is -1.09.